The second kappa shape index (κ2) is 8.98. The Morgan fingerprint density at radius 2 is 1.59 bits per heavy atom. The first-order valence-electron chi connectivity index (χ1n) is 11.4. The van der Waals surface area contributed by atoms with Gasteiger partial charge >= 0.3 is 0 Å². The lowest BCUT2D eigenvalue weighted by Crippen LogP contribution is -2.36. The van der Waals surface area contributed by atoms with Gasteiger partial charge in [-0.3, -0.25) is 19.3 Å². The van der Waals surface area contributed by atoms with Crippen LogP contribution in [0.15, 0.2) is 84.6 Å². The molecule has 1 N–H and O–H groups in total. The van der Waals surface area contributed by atoms with E-state index in [4.69, 9.17) is 0 Å². The lowest BCUT2D eigenvalue weighted by molar-refractivity contribution is -0.137. The highest BCUT2D eigenvalue weighted by Gasteiger charge is 2.42. The molecule has 5 rings (SSSR count). The van der Waals surface area contributed by atoms with E-state index in [-0.39, 0.29) is 24.3 Å². The first-order chi connectivity index (χ1) is 16.5. The van der Waals surface area contributed by atoms with Crippen molar-refractivity contribution in [1.82, 2.24) is 4.90 Å². The third kappa shape index (κ3) is 3.99. The fraction of sp³-hybridized carbons (Fsp3) is 0.179. The van der Waals surface area contributed by atoms with Gasteiger partial charge in [-0.1, -0.05) is 60.7 Å². The van der Waals surface area contributed by atoms with Gasteiger partial charge in [0, 0.05) is 24.8 Å². The van der Waals surface area contributed by atoms with Crippen LogP contribution < -0.4 is 10.2 Å². The van der Waals surface area contributed by atoms with Crippen LogP contribution in [0.1, 0.15) is 30.0 Å². The van der Waals surface area contributed by atoms with E-state index < -0.39 is 0 Å². The summed E-state index contributed by atoms with van der Waals surface area (Å²) in [5.41, 5.74) is 5.14. The highest BCUT2D eigenvalue weighted by atomic mass is 16.2. The van der Waals surface area contributed by atoms with Gasteiger partial charge in [0.1, 0.15) is 5.70 Å². The van der Waals surface area contributed by atoms with Crippen molar-refractivity contribution in [2.45, 2.75) is 26.3 Å². The molecule has 6 heteroatoms. The molecule has 0 atom stereocenters. The largest absolute Gasteiger partial charge is 0.336 e. The van der Waals surface area contributed by atoms with E-state index in [2.05, 4.69) is 11.4 Å². The third-order valence-electron chi connectivity index (χ3n) is 6.20. The molecule has 3 aromatic carbocycles. The minimum atomic E-state index is -0.306. The number of imide groups is 1. The summed E-state index contributed by atoms with van der Waals surface area (Å²) in [6, 6.07) is 24.7. The van der Waals surface area contributed by atoms with Gasteiger partial charge in [0.25, 0.3) is 11.8 Å². The molecule has 0 saturated heterocycles. The number of hydrogen-bond acceptors (Lipinski definition) is 4. The van der Waals surface area contributed by atoms with Crippen molar-refractivity contribution in [3.8, 4) is 0 Å². The summed E-state index contributed by atoms with van der Waals surface area (Å²) in [5, 5.41) is 2.74. The second-order valence-electron chi connectivity index (χ2n) is 8.55. The van der Waals surface area contributed by atoms with Crippen LogP contribution in [0.4, 0.5) is 11.4 Å². The van der Waals surface area contributed by atoms with E-state index in [1.807, 2.05) is 53.4 Å². The van der Waals surface area contributed by atoms with Crippen molar-refractivity contribution < 1.29 is 14.4 Å². The summed E-state index contributed by atoms with van der Waals surface area (Å²) in [5.74, 6) is -0.760. The number of aryl methyl sites for hydroxylation is 1. The van der Waals surface area contributed by atoms with Crippen LogP contribution >= 0.6 is 0 Å². The number of nitrogens with one attached hydrogen (secondary N) is 1. The first-order valence-corrected chi connectivity index (χ1v) is 11.4. The number of benzene rings is 3. The Kier molecular flexibility index (Phi) is 5.72. The van der Waals surface area contributed by atoms with Crippen molar-refractivity contribution in [3.05, 3.63) is 101 Å². The maximum absolute atomic E-state index is 13.8. The molecule has 3 amide bonds. The van der Waals surface area contributed by atoms with Crippen LogP contribution in [0.5, 0.6) is 0 Å². The Morgan fingerprint density at radius 3 is 2.32 bits per heavy atom. The van der Waals surface area contributed by atoms with Gasteiger partial charge in [0.2, 0.25) is 5.91 Å². The number of para-hydroxylation sites is 1. The average molecular weight is 452 g/mol. The highest BCUT2D eigenvalue weighted by Crippen LogP contribution is 2.38. The molecule has 2 aliphatic rings. The molecule has 0 unspecified atom stereocenters. The molecule has 0 fully saturated rings. The number of carbonyl (C=O) groups is 3. The van der Waals surface area contributed by atoms with Crippen LogP contribution in [0, 0.1) is 0 Å². The van der Waals surface area contributed by atoms with E-state index in [1.54, 1.807) is 24.3 Å². The first kappa shape index (κ1) is 21.6. The number of amides is 3. The Bertz CT molecular complexity index is 1300. The minimum Gasteiger partial charge on any atom is -0.336 e. The maximum atomic E-state index is 13.8. The molecule has 170 valence electrons. The number of fused-ring (bicyclic) bond motifs is 1. The number of anilines is 2. The molecular weight excluding hydrogens is 426 g/mol. The summed E-state index contributed by atoms with van der Waals surface area (Å²) in [6.45, 7) is 2.33. The van der Waals surface area contributed by atoms with Crippen LogP contribution in [0.3, 0.4) is 0 Å². The molecule has 0 saturated carbocycles. The normalized spacial score (nSPS) is 15.6. The zero-order chi connectivity index (χ0) is 23.7. The molecule has 2 heterocycles. The van der Waals surface area contributed by atoms with Gasteiger partial charge in [-0.05, 0) is 47.7 Å². The SMILES string of the molecule is CC(=O)Nc1ccc(C2=C(N3CCCc4ccccc43)C(=O)N(Cc3ccccc3)C2=O)cc1. The topological polar surface area (TPSA) is 69.7 Å². The number of hydrogen-bond donors (Lipinski definition) is 1. The van der Waals surface area contributed by atoms with Gasteiger partial charge in [0.15, 0.2) is 0 Å². The van der Waals surface area contributed by atoms with Gasteiger partial charge in [0.05, 0.1) is 12.1 Å². The van der Waals surface area contributed by atoms with Crippen molar-refractivity contribution >= 4 is 34.7 Å². The molecule has 0 aliphatic carbocycles. The van der Waals surface area contributed by atoms with E-state index in [0.717, 1.165) is 24.1 Å². The summed E-state index contributed by atoms with van der Waals surface area (Å²) >= 11 is 0. The van der Waals surface area contributed by atoms with Crippen molar-refractivity contribution in [3.63, 3.8) is 0 Å². The molecule has 2 aliphatic heterocycles. The lowest BCUT2D eigenvalue weighted by atomic mass is 9.98. The zero-order valence-electron chi connectivity index (χ0n) is 19.0. The van der Waals surface area contributed by atoms with E-state index in [0.29, 0.717) is 29.1 Å². The van der Waals surface area contributed by atoms with E-state index in [1.165, 1.54) is 17.4 Å². The number of nitrogens with zero attached hydrogens (tertiary/aromatic N) is 2. The van der Waals surface area contributed by atoms with Crippen molar-refractivity contribution in [2.24, 2.45) is 0 Å². The van der Waals surface area contributed by atoms with Crippen molar-refractivity contribution in [2.75, 3.05) is 16.8 Å². The molecule has 0 bridgehead atoms. The minimum absolute atomic E-state index is 0.168. The fourth-order valence-electron chi connectivity index (χ4n) is 4.67. The maximum Gasteiger partial charge on any atom is 0.278 e. The molecule has 0 aromatic heterocycles. The van der Waals surface area contributed by atoms with Gasteiger partial charge in [-0.25, -0.2) is 0 Å². The summed E-state index contributed by atoms with van der Waals surface area (Å²) in [4.78, 5) is 42.2. The van der Waals surface area contributed by atoms with Gasteiger partial charge in [-0.15, -0.1) is 0 Å². The standard InChI is InChI=1S/C28H25N3O3/c1-19(32)29-23-15-13-22(14-16-23)25-26(30-17-7-11-21-10-5-6-12-24(21)30)28(34)31(27(25)33)18-20-8-3-2-4-9-20/h2-6,8-10,12-16H,7,11,17-18H2,1H3,(H,29,32). The molecule has 6 nitrogen and oxygen atoms in total. The average Bonchev–Trinajstić information content (AvgIpc) is 3.09. The molecule has 0 radical (unpaired) electrons. The van der Waals surface area contributed by atoms with E-state index in [9.17, 15) is 14.4 Å². The van der Waals surface area contributed by atoms with Crippen LogP contribution in [-0.2, 0) is 27.3 Å². The quantitative estimate of drug-likeness (QED) is 0.585. The van der Waals surface area contributed by atoms with E-state index >= 15 is 0 Å². The molecule has 34 heavy (non-hydrogen) atoms. The Labute approximate surface area is 198 Å². The number of rotatable bonds is 5. The summed E-state index contributed by atoms with van der Waals surface area (Å²) in [6.07, 6.45) is 1.84. The Morgan fingerprint density at radius 1 is 0.882 bits per heavy atom. The Balaban J connectivity index is 1.60. The molecule has 3 aromatic rings. The summed E-state index contributed by atoms with van der Waals surface area (Å²) < 4.78 is 0. The number of carbonyl (C=O) groups excluding carboxylic acids is 3. The van der Waals surface area contributed by atoms with Crippen LogP contribution in [-0.4, -0.2) is 29.2 Å². The lowest BCUT2D eigenvalue weighted by Gasteiger charge is -2.32. The monoisotopic (exact) mass is 451 g/mol. The van der Waals surface area contributed by atoms with Crippen LogP contribution in [0.2, 0.25) is 0 Å². The van der Waals surface area contributed by atoms with Gasteiger partial charge < -0.3 is 10.2 Å². The molecule has 0 spiro atoms. The predicted molar refractivity (Wildman–Crippen MR) is 132 cm³/mol. The summed E-state index contributed by atoms with van der Waals surface area (Å²) in [7, 11) is 0. The Hall–Kier alpha value is -4.19. The molecular formula is C28H25N3O3. The highest BCUT2D eigenvalue weighted by molar-refractivity contribution is 6.36. The predicted octanol–water partition coefficient (Wildman–Crippen LogP) is 4.38. The smallest absolute Gasteiger partial charge is 0.278 e. The fourth-order valence-corrected chi connectivity index (χ4v) is 4.67. The third-order valence-corrected chi connectivity index (χ3v) is 6.20. The van der Waals surface area contributed by atoms with Crippen LogP contribution in [0.25, 0.3) is 5.57 Å². The second-order valence-corrected chi connectivity index (χ2v) is 8.55. The zero-order valence-corrected chi connectivity index (χ0v) is 19.0. The van der Waals surface area contributed by atoms with Gasteiger partial charge in [-0.2, -0.15) is 0 Å². The van der Waals surface area contributed by atoms with Crippen molar-refractivity contribution in [1.29, 1.82) is 0 Å².